The number of nitrogens with zero attached hydrogens (tertiary/aromatic N) is 4. The molecule has 0 unspecified atom stereocenters. The number of carbonyl (C=O) groups is 1. The van der Waals surface area contributed by atoms with E-state index in [0.29, 0.717) is 17.1 Å². The zero-order chi connectivity index (χ0) is 21.2. The number of nitrogens with one attached hydrogen (secondary N) is 1. The van der Waals surface area contributed by atoms with E-state index < -0.39 is 11.5 Å². The summed E-state index contributed by atoms with van der Waals surface area (Å²) in [5.74, 6) is -0.0293. The summed E-state index contributed by atoms with van der Waals surface area (Å²) in [6.07, 6.45) is 0. The Kier molecular flexibility index (Phi) is 4.61. The van der Waals surface area contributed by atoms with Crippen molar-refractivity contribution in [2.45, 2.75) is 0 Å². The monoisotopic (exact) mass is 407 g/mol. The lowest BCUT2D eigenvalue weighted by atomic mass is 10.1. The fraction of sp³-hybridized carbons (Fsp3) is 0. The van der Waals surface area contributed by atoms with Crippen LogP contribution in [0.15, 0.2) is 102 Å². The summed E-state index contributed by atoms with van der Waals surface area (Å²) in [5, 5.41) is 7.42. The molecule has 0 aliphatic rings. The van der Waals surface area contributed by atoms with Crippen LogP contribution in [0.1, 0.15) is 10.6 Å². The van der Waals surface area contributed by atoms with Crippen molar-refractivity contribution in [1.82, 2.24) is 19.2 Å². The van der Waals surface area contributed by atoms with Crippen LogP contribution in [0.5, 0.6) is 0 Å². The largest absolute Gasteiger partial charge is 0.319 e. The first kappa shape index (κ1) is 18.5. The Morgan fingerprint density at radius 2 is 1.42 bits per heavy atom. The minimum atomic E-state index is -0.411. The highest BCUT2D eigenvalue weighted by Gasteiger charge is 2.22. The highest BCUT2D eigenvalue weighted by molar-refractivity contribution is 6.02. The summed E-state index contributed by atoms with van der Waals surface area (Å²) in [7, 11) is 0. The molecule has 2 aromatic heterocycles. The lowest BCUT2D eigenvalue weighted by Gasteiger charge is -2.08. The molecule has 31 heavy (non-hydrogen) atoms. The fourth-order valence-electron chi connectivity index (χ4n) is 3.42. The highest BCUT2D eigenvalue weighted by atomic mass is 16.2. The molecule has 0 bridgehead atoms. The van der Waals surface area contributed by atoms with Crippen LogP contribution in [0.4, 0.5) is 5.69 Å². The van der Waals surface area contributed by atoms with E-state index in [1.165, 1.54) is 10.7 Å². The van der Waals surface area contributed by atoms with Gasteiger partial charge in [0.15, 0.2) is 0 Å². The van der Waals surface area contributed by atoms with Gasteiger partial charge >= 0.3 is 0 Å². The zero-order valence-electron chi connectivity index (χ0n) is 16.3. The molecule has 2 heterocycles. The molecule has 1 amide bonds. The third-order valence-electron chi connectivity index (χ3n) is 4.81. The molecule has 1 N–H and O–H groups in total. The van der Waals surface area contributed by atoms with Crippen LogP contribution < -0.4 is 10.9 Å². The molecular weight excluding hydrogens is 390 g/mol. The van der Waals surface area contributed by atoms with E-state index in [1.54, 1.807) is 16.5 Å². The predicted octanol–water partition coefficient (Wildman–Crippen LogP) is 3.80. The fourth-order valence-corrected chi connectivity index (χ4v) is 3.42. The summed E-state index contributed by atoms with van der Waals surface area (Å²) < 4.78 is 3.12. The van der Waals surface area contributed by atoms with Crippen LogP contribution in [-0.4, -0.2) is 25.1 Å². The minimum absolute atomic E-state index is 0.119. The Hall–Kier alpha value is -4.52. The molecule has 0 saturated heterocycles. The summed E-state index contributed by atoms with van der Waals surface area (Å²) in [6.45, 7) is 0. The third kappa shape index (κ3) is 3.49. The van der Waals surface area contributed by atoms with Crippen LogP contribution in [0.3, 0.4) is 0 Å². The van der Waals surface area contributed by atoms with Gasteiger partial charge in [-0.3, -0.25) is 14.0 Å². The smallest absolute Gasteiger partial charge is 0.293 e. The van der Waals surface area contributed by atoms with E-state index in [4.69, 9.17) is 0 Å². The van der Waals surface area contributed by atoms with Gasteiger partial charge in [-0.05, 0) is 29.8 Å². The first-order valence-corrected chi connectivity index (χ1v) is 9.71. The van der Waals surface area contributed by atoms with Gasteiger partial charge in [0.05, 0.1) is 11.4 Å². The Morgan fingerprint density at radius 3 is 2.10 bits per heavy atom. The van der Waals surface area contributed by atoms with Crippen LogP contribution in [0, 0.1) is 0 Å². The van der Waals surface area contributed by atoms with Crippen LogP contribution in [0.2, 0.25) is 0 Å². The minimum Gasteiger partial charge on any atom is -0.319 e. The Labute approximate surface area is 177 Å². The molecule has 0 radical (unpaired) electrons. The average molecular weight is 407 g/mol. The lowest BCUT2D eigenvalue weighted by Crippen LogP contribution is -2.18. The number of benzene rings is 3. The molecule has 0 fully saturated rings. The van der Waals surface area contributed by atoms with Gasteiger partial charge in [0.1, 0.15) is 0 Å². The average Bonchev–Trinajstić information content (AvgIpc) is 3.20. The molecule has 7 heteroatoms. The number of hydrogen-bond donors (Lipinski definition) is 1. The second-order valence-electron chi connectivity index (χ2n) is 6.87. The van der Waals surface area contributed by atoms with E-state index >= 15 is 0 Å². The van der Waals surface area contributed by atoms with Crippen molar-refractivity contribution in [1.29, 1.82) is 0 Å². The van der Waals surface area contributed by atoms with E-state index in [9.17, 15) is 9.59 Å². The van der Waals surface area contributed by atoms with Gasteiger partial charge < -0.3 is 5.32 Å². The topological polar surface area (TPSA) is 81.3 Å². The van der Waals surface area contributed by atoms with Crippen LogP contribution >= 0.6 is 0 Å². The Balaban J connectivity index is 1.78. The molecule has 5 aromatic rings. The quantitative estimate of drug-likeness (QED) is 0.491. The van der Waals surface area contributed by atoms with Gasteiger partial charge in [-0.2, -0.15) is 9.67 Å². The number of carbonyl (C=O) groups excluding carboxylic acids is 1. The molecule has 0 atom stereocenters. The Bertz CT molecular complexity index is 1430. The molecule has 3 aromatic carbocycles. The van der Waals surface area contributed by atoms with Crippen LogP contribution in [-0.2, 0) is 0 Å². The maximum Gasteiger partial charge on any atom is 0.293 e. The van der Waals surface area contributed by atoms with Gasteiger partial charge in [-0.15, -0.1) is 5.10 Å². The first-order valence-electron chi connectivity index (χ1n) is 9.71. The second kappa shape index (κ2) is 7.72. The number of fused-ring (bicyclic) bond motifs is 1. The van der Waals surface area contributed by atoms with E-state index in [2.05, 4.69) is 15.4 Å². The Morgan fingerprint density at radius 1 is 0.806 bits per heavy atom. The van der Waals surface area contributed by atoms with E-state index in [1.807, 2.05) is 78.9 Å². The van der Waals surface area contributed by atoms with Crippen molar-refractivity contribution >= 4 is 17.4 Å². The molecule has 7 nitrogen and oxygen atoms in total. The third-order valence-corrected chi connectivity index (χ3v) is 4.81. The number of rotatable bonds is 4. The maximum absolute atomic E-state index is 13.2. The first-order chi connectivity index (χ1) is 15.2. The van der Waals surface area contributed by atoms with Gasteiger partial charge in [0, 0.05) is 11.8 Å². The van der Waals surface area contributed by atoms with Crippen molar-refractivity contribution in [2.75, 3.05) is 5.32 Å². The summed E-state index contributed by atoms with van der Waals surface area (Å²) in [4.78, 5) is 29.9. The highest BCUT2D eigenvalue weighted by Crippen LogP contribution is 2.22. The van der Waals surface area contributed by atoms with Crippen LogP contribution in [0.25, 0.3) is 22.7 Å². The van der Waals surface area contributed by atoms with Crippen molar-refractivity contribution < 1.29 is 4.79 Å². The van der Waals surface area contributed by atoms with Crippen molar-refractivity contribution in [3.05, 3.63) is 113 Å². The number of amides is 1. The van der Waals surface area contributed by atoms with E-state index in [-0.39, 0.29) is 11.6 Å². The molecule has 0 saturated carbocycles. The summed E-state index contributed by atoms with van der Waals surface area (Å²) in [6, 6.07) is 29.2. The normalized spacial score (nSPS) is 10.8. The predicted molar refractivity (Wildman–Crippen MR) is 118 cm³/mol. The summed E-state index contributed by atoms with van der Waals surface area (Å²) >= 11 is 0. The van der Waals surface area contributed by atoms with E-state index in [0.717, 1.165) is 5.56 Å². The van der Waals surface area contributed by atoms with Crippen molar-refractivity contribution in [2.24, 2.45) is 0 Å². The maximum atomic E-state index is 13.2. The van der Waals surface area contributed by atoms with Gasteiger partial charge in [-0.1, -0.05) is 66.7 Å². The molecule has 5 rings (SSSR count). The molecular formula is C24H17N5O2. The number of hydrogen-bond acceptors (Lipinski definition) is 4. The SMILES string of the molecule is O=C(Nc1ccccc1)c1nn(-c2ccccc2)c2nc(=O)cc(-c3ccccc3)n12. The summed E-state index contributed by atoms with van der Waals surface area (Å²) in [5.41, 5.74) is 2.24. The van der Waals surface area contributed by atoms with Gasteiger partial charge in [0.25, 0.3) is 11.5 Å². The van der Waals surface area contributed by atoms with Crippen molar-refractivity contribution in [3.63, 3.8) is 0 Å². The number of aromatic nitrogens is 4. The molecule has 0 spiro atoms. The molecule has 0 aliphatic heterocycles. The van der Waals surface area contributed by atoms with Gasteiger partial charge in [0.2, 0.25) is 11.6 Å². The zero-order valence-corrected chi connectivity index (χ0v) is 16.3. The lowest BCUT2D eigenvalue weighted by molar-refractivity contribution is 0.101. The van der Waals surface area contributed by atoms with Gasteiger partial charge in [-0.25, -0.2) is 0 Å². The molecule has 0 aliphatic carbocycles. The van der Waals surface area contributed by atoms with Crippen molar-refractivity contribution in [3.8, 4) is 16.9 Å². The molecule has 150 valence electrons. The second-order valence-corrected chi connectivity index (χ2v) is 6.87. The number of para-hydroxylation sites is 2. The standard InChI is InChI=1S/C24H17N5O2/c30-21-16-20(17-10-4-1-5-11-17)28-22(23(31)25-18-12-6-2-7-13-18)27-29(24(28)26-21)19-14-8-3-9-15-19/h1-16H,(H,25,31). The number of anilines is 1.